The number of rotatable bonds is 11. The van der Waals surface area contributed by atoms with Gasteiger partial charge in [-0.05, 0) is 0 Å². The molecule has 1 aliphatic carbocycles. The van der Waals surface area contributed by atoms with Crippen LogP contribution in [-0.4, -0.2) is 0 Å². The second kappa shape index (κ2) is 11.1. The number of unbranched alkanes of at least 4 members (excludes halogenated alkanes) is 9. The van der Waals surface area contributed by atoms with E-state index in [4.69, 9.17) is 0 Å². The molecule has 0 aromatic heterocycles. The molecule has 0 atom stereocenters. The first kappa shape index (κ1) is 16.2. The molecular formula is C17H29Ti. The van der Waals surface area contributed by atoms with E-state index in [1.807, 2.05) is 0 Å². The Hall–Kier alpha value is 0.194. The van der Waals surface area contributed by atoms with Crippen molar-refractivity contribution in [3.63, 3.8) is 0 Å². The van der Waals surface area contributed by atoms with Crippen LogP contribution in [0.2, 0.25) is 0 Å². The van der Waals surface area contributed by atoms with E-state index in [9.17, 15) is 0 Å². The van der Waals surface area contributed by atoms with Crippen LogP contribution in [0, 0.1) is 0 Å². The van der Waals surface area contributed by atoms with Gasteiger partial charge in [-0.2, -0.15) is 0 Å². The van der Waals surface area contributed by atoms with Crippen molar-refractivity contribution in [3.05, 3.63) is 21.6 Å². The quantitative estimate of drug-likeness (QED) is 0.319. The van der Waals surface area contributed by atoms with E-state index in [-0.39, 0.29) is 0 Å². The van der Waals surface area contributed by atoms with Gasteiger partial charge in [0.25, 0.3) is 0 Å². The fourth-order valence-corrected chi connectivity index (χ4v) is 3.10. The second-order valence-electron chi connectivity index (χ2n) is 5.54. The summed E-state index contributed by atoms with van der Waals surface area (Å²) in [6.45, 7) is 2.29. The van der Waals surface area contributed by atoms with Crippen molar-refractivity contribution in [1.29, 1.82) is 0 Å². The zero-order chi connectivity index (χ0) is 13.1. The van der Waals surface area contributed by atoms with Crippen LogP contribution >= 0.6 is 0 Å². The standard InChI is InChI=1S/C17H29.Ti/c1-2-3-4-5-6-7-8-9-10-11-14-17-15-12-13-16-17;/h12,15H,2-11,13-14H2,1H3;. The molecule has 0 unspecified atom stereocenters. The number of allylic oxidation sites excluding steroid dienone is 4. The van der Waals surface area contributed by atoms with Crippen molar-refractivity contribution in [2.75, 3.05) is 0 Å². The van der Waals surface area contributed by atoms with Crippen LogP contribution in [0.4, 0.5) is 0 Å². The Morgan fingerprint density at radius 3 is 1.94 bits per heavy atom. The SMILES string of the molecule is CCCCCCCCCCCCC1=[C]([Ti])CC=C1. The van der Waals surface area contributed by atoms with Crippen molar-refractivity contribution in [1.82, 2.24) is 0 Å². The van der Waals surface area contributed by atoms with Crippen molar-refractivity contribution in [3.8, 4) is 0 Å². The van der Waals surface area contributed by atoms with E-state index in [1.165, 1.54) is 77.0 Å². The van der Waals surface area contributed by atoms with Crippen molar-refractivity contribution in [2.45, 2.75) is 84.0 Å². The monoisotopic (exact) mass is 281 g/mol. The van der Waals surface area contributed by atoms with Gasteiger partial charge in [0.2, 0.25) is 0 Å². The van der Waals surface area contributed by atoms with Crippen LogP contribution in [0.15, 0.2) is 21.6 Å². The van der Waals surface area contributed by atoms with Gasteiger partial charge in [-0.3, -0.25) is 0 Å². The molecular weight excluding hydrogens is 252 g/mol. The number of hydrogen-bond acceptors (Lipinski definition) is 0. The molecule has 0 spiro atoms. The molecule has 0 radical (unpaired) electrons. The molecule has 0 bridgehead atoms. The summed E-state index contributed by atoms with van der Waals surface area (Å²) in [4.78, 5) is 0. The zero-order valence-corrected chi connectivity index (χ0v) is 13.7. The van der Waals surface area contributed by atoms with Crippen LogP contribution < -0.4 is 0 Å². The molecule has 1 rings (SSSR count). The molecule has 0 aromatic rings. The van der Waals surface area contributed by atoms with Gasteiger partial charge in [0.1, 0.15) is 0 Å². The predicted molar refractivity (Wildman–Crippen MR) is 77.2 cm³/mol. The first-order valence-electron chi connectivity index (χ1n) is 7.94. The van der Waals surface area contributed by atoms with Gasteiger partial charge in [-0.25, -0.2) is 0 Å². The van der Waals surface area contributed by atoms with E-state index in [1.54, 1.807) is 9.45 Å². The molecule has 0 fully saturated rings. The van der Waals surface area contributed by atoms with Gasteiger partial charge in [-0.15, -0.1) is 0 Å². The fourth-order valence-electron chi connectivity index (χ4n) is 2.59. The first-order valence-corrected chi connectivity index (χ1v) is 8.73. The third kappa shape index (κ3) is 7.59. The summed E-state index contributed by atoms with van der Waals surface area (Å²) in [6, 6.07) is 0. The Morgan fingerprint density at radius 1 is 0.889 bits per heavy atom. The van der Waals surface area contributed by atoms with Gasteiger partial charge in [0.15, 0.2) is 0 Å². The van der Waals surface area contributed by atoms with E-state index >= 15 is 0 Å². The maximum atomic E-state index is 2.34. The maximum absolute atomic E-state index is 2.34. The molecule has 18 heavy (non-hydrogen) atoms. The zero-order valence-electron chi connectivity index (χ0n) is 12.1. The van der Waals surface area contributed by atoms with Crippen LogP contribution in [0.3, 0.4) is 0 Å². The van der Waals surface area contributed by atoms with Gasteiger partial charge in [0, 0.05) is 0 Å². The van der Waals surface area contributed by atoms with Crippen LogP contribution in [0.5, 0.6) is 0 Å². The average molecular weight is 281 g/mol. The summed E-state index contributed by atoms with van der Waals surface area (Å²) >= 11 is 2.28. The Balaban J connectivity index is 1.82. The Labute approximate surface area is 126 Å². The molecule has 0 nitrogen and oxygen atoms in total. The predicted octanol–water partition coefficient (Wildman–Crippen LogP) is 6.06. The van der Waals surface area contributed by atoms with E-state index in [2.05, 4.69) is 39.5 Å². The van der Waals surface area contributed by atoms with Crippen LogP contribution in [0.25, 0.3) is 0 Å². The van der Waals surface area contributed by atoms with Gasteiger partial charge < -0.3 is 0 Å². The average Bonchev–Trinajstić information content (AvgIpc) is 2.77. The number of hydrogen-bond donors (Lipinski definition) is 0. The van der Waals surface area contributed by atoms with Crippen molar-refractivity contribution >= 4 is 0 Å². The molecule has 0 amide bonds. The molecule has 0 aromatic carbocycles. The summed E-state index contributed by atoms with van der Waals surface area (Å²) in [7, 11) is 0. The summed E-state index contributed by atoms with van der Waals surface area (Å²) in [6.07, 6.45) is 21.5. The van der Waals surface area contributed by atoms with Gasteiger partial charge >= 0.3 is 113 Å². The van der Waals surface area contributed by atoms with Gasteiger partial charge in [-0.1, -0.05) is 13.3 Å². The Bertz CT molecular complexity index is 263. The van der Waals surface area contributed by atoms with E-state index in [0.717, 1.165) is 0 Å². The summed E-state index contributed by atoms with van der Waals surface area (Å²) in [5.74, 6) is 0. The molecule has 101 valence electrons. The van der Waals surface area contributed by atoms with Crippen LogP contribution in [-0.2, 0) is 20.4 Å². The summed E-state index contributed by atoms with van der Waals surface area (Å²) in [5.41, 5.74) is 1.62. The second-order valence-corrected chi connectivity index (χ2v) is 6.48. The van der Waals surface area contributed by atoms with Crippen molar-refractivity contribution in [2.24, 2.45) is 0 Å². The Morgan fingerprint density at radius 2 is 1.44 bits per heavy atom. The molecule has 0 saturated carbocycles. The Kier molecular flexibility index (Phi) is 9.98. The molecule has 0 aliphatic heterocycles. The minimum atomic E-state index is 1.20. The summed E-state index contributed by atoms with van der Waals surface area (Å²) < 4.78 is 1.60. The van der Waals surface area contributed by atoms with E-state index in [0.29, 0.717) is 0 Å². The fraction of sp³-hybridized carbons (Fsp3) is 0.765. The summed E-state index contributed by atoms with van der Waals surface area (Å²) in [5, 5.41) is 0. The van der Waals surface area contributed by atoms with Gasteiger partial charge in [0.05, 0.1) is 0 Å². The first-order chi connectivity index (χ1) is 8.84. The molecule has 0 heterocycles. The molecule has 1 heteroatoms. The van der Waals surface area contributed by atoms with E-state index < -0.39 is 0 Å². The third-order valence-corrected chi connectivity index (χ3v) is 4.65. The normalized spacial score (nSPS) is 14.7. The third-order valence-electron chi connectivity index (χ3n) is 3.83. The van der Waals surface area contributed by atoms with Crippen molar-refractivity contribution < 1.29 is 20.4 Å². The topological polar surface area (TPSA) is 0 Å². The van der Waals surface area contributed by atoms with Crippen LogP contribution in [0.1, 0.15) is 84.0 Å². The minimum absolute atomic E-state index is 1.20. The molecule has 1 aliphatic rings. The molecule has 0 saturated heterocycles. The molecule has 0 N–H and O–H groups in total.